The van der Waals surface area contributed by atoms with Crippen molar-refractivity contribution in [2.45, 2.75) is 9.79 Å². The van der Waals surface area contributed by atoms with E-state index in [0.29, 0.717) is 0 Å². The molecule has 0 unspecified atom stereocenters. The van der Waals surface area contributed by atoms with Crippen molar-refractivity contribution in [3.63, 3.8) is 0 Å². The second-order valence-electron chi connectivity index (χ2n) is 9.67. The van der Waals surface area contributed by atoms with E-state index in [0.717, 1.165) is 87.7 Å². The van der Waals surface area contributed by atoms with Crippen molar-refractivity contribution < 1.29 is 0 Å². The summed E-state index contributed by atoms with van der Waals surface area (Å²) < 4.78 is 0. The Morgan fingerprint density at radius 1 is 0.474 bits per heavy atom. The van der Waals surface area contributed by atoms with Gasteiger partial charge in [-0.25, -0.2) is 0 Å². The highest BCUT2D eigenvalue weighted by atomic mass is 32.2. The summed E-state index contributed by atoms with van der Waals surface area (Å²) in [5.74, 6) is 0. The highest BCUT2D eigenvalue weighted by Crippen LogP contribution is 2.48. The first-order chi connectivity index (χ1) is 18.4. The molecule has 6 aromatic rings. The Bertz CT molecular complexity index is 1790. The van der Waals surface area contributed by atoms with E-state index in [1.54, 1.807) is 11.8 Å². The van der Waals surface area contributed by atoms with Crippen LogP contribution in [0.2, 0.25) is 0 Å². The smallest absolute Gasteiger partial charge is 0.0532 e. The Kier molecular flexibility index (Phi) is 4.93. The number of nitrogen functional groups attached to an aromatic ring is 4. The number of hydrogen-bond acceptors (Lipinski definition) is 6. The largest absolute Gasteiger partial charge is 0.399 e. The molecule has 0 aliphatic carbocycles. The second-order valence-corrected chi connectivity index (χ2v) is 10.8. The number of nitrogens with two attached hydrogens (primary N) is 4. The van der Waals surface area contributed by atoms with Crippen LogP contribution in [0.1, 0.15) is 0 Å². The van der Waals surface area contributed by atoms with Crippen LogP contribution < -0.4 is 28.3 Å². The van der Waals surface area contributed by atoms with Gasteiger partial charge in [-0.1, -0.05) is 48.2 Å². The normalized spacial score (nSPS) is 12.2. The third-order valence-corrected chi connectivity index (χ3v) is 8.31. The van der Waals surface area contributed by atoms with Gasteiger partial charge in [-0.3, -0.25) is 0 Å². The first-order valence-corrected chi connectivity index (χ1v) is 13.2. The molecule has 7 rings (SSSR count). The van der Waals surface area contributed by atoms with Gasteiger partial charge in [0, 0.05) is 43.7 Å². The molecule has 5 nitrogen and oxygen atoms in total. The van der Waals surface area contributed by atoms with Gasteiger partial charge in [0.25, 0.3) is 0 Å². The van der Waals surface area contributed by atoms with E-state index in [2.05, 4.69) is 41.7 Å². The van der Waals surface area contributed by atoms with Crippen LogP contribution >= 0.6 is 11.8 Å². The zero-order valence-electron chi connectivity index (χ0n) is 20.5. The highest BCUT2D eigenvalue weighted by Gasteiger charge is 2.19. The summed E-state index contributed by atoms with van der Waals surface area (Å²) in [6.07, 6.45) is 0. The maximum Gasteiger partial charge on any atom is 0.0532 e. The molecule has 9 N–H and O–H groups in total. The standard InChI is InChI=1S/C32H25N5S/c33-21-5-7-23-17(13-21)1-9-25(35)31(23)19-4-12-29-28(15-19)37-27-11-3-20(16-30(27)38-29)32-24-8-6-22(34)14-18(24)2-10-26(32)36/h1-16,37H,33-36H2. The number of rotatable bonds is 2. The lowest BCUT2D eigenvalue weighted by molar-refractivity contribution is 1.32. The topological polar surface area (TPSA) is 116 Å². The Morgan fingerprint density at radius 3 is 1.68 bits per heavy atom. The molecule has 0 amide bonds. The summed E-state index contributed by atoms with van der Waals surface area (Å²) in [4.78, 5) is 2.30. The molecule has 6 heteroatoms. The zero-order chi connectivity index (χ0) is 26.0. The third-order valence-electron chi connectivity index (χ3n) is 7.18. The van der Waals surface area contributed by atoms with Crippen molar-refractivity contribution >= 4 is 67.4 Å². The molecule has 0 saturated carbocycles. The number of benzene rings is 6. The minimum absolute atomic E-state index is 0.738. The molecule has 0 aromatic heterocycles. The number of nitrogens with one attached hydrogen (secondary N) is 1. The van der Waals surface area contributed by atoms with Crippen molar-refractivity contribution in [1.29, 1.82) is 0 Å². The van der Waals surface area contributed by atoms with Crippen molar-refractivity contribution in [3.8, 4) is 22.3 Å². The Hall–Kier alpha value is -4.81. The summed E-state index contributed by atoms with van der Waals surface area (Å²) in [5.41, 5.74) is 34.2. The fraction of sp³-hybridized carbons (Fsp3) is 0. The van der Waals surface area contributed by atoms with E-state index >= 15 is 0 Å². The number of anilines is 6. The van der Waals surface area contributed by atoms with E-state index in [1.807, 2.05) is 60.7 Å². The van der Waals surface area contributed by atoms with Crippen molar-refractivity contribution in [2.24, 2.45) is 0 Å². The molecule has 0 radical (unpaired) electrons. The SMILES string of the molecule is Nc1ccc2c(-c3ccc4c(c3)Nc3ccc(-c5c(N)ccc6cc(N)ccc56)cc3S4)c(N)ccc2c1. The maximum atomic E-state index is 6.47. The summed E-state index contributed by atoms with van der Waals surface area (Å²) >= 11 is 1.75. The van der Waals surface area contributed by atoms with Crippen molar-refractivity contribution in [3.05, 3.63) is 97.1 Å². The van der Waals surface area contributed by atoms with Gasteiger partial charge in [-0.05, 0) is 93.3 Å². The molecule has 184 valence electrons. The lowest BCUT2D eigenvalue weighted by Gasteiger charge is -2.23. The average Bonchev–Trinajstić information content (AvgIpc) is 2.91. The average molecular weight is 512 g/mol. The molecule has 1 aliphatic rings. The molecule has 0 spiro atoms. The first-order valence-electron chi connectivity index (χ1n) is 12.3. The second kappa shape index (κ2) is 8.36. The van der Waals surface area contributed by atoms with E-state index in [4.69, 9.17) is 22.9 Å². The molecular weight excluding hydrogens is 486 g/mol. The molecule has 0 fully saturated rings. The molecule has 1 heterocycles. The van der Waals surface area contributed by atoms with Gasteiger partial charge >= 0.3 is 0 Å². The molecule has 0 atom stereocenters. The molecule has 38 heavy (non-hydrogen) atoms. The van der Waals surface area contributed by atoms with Crippen LogP contribution in [0.4, 0.5) is 34.1 Å². The van der Waals surface area contributed by atoms with Crippen LogP contribution in [-0.4, -0.2) is 0 Å². The van der Waals surface area contributed by atoms with Gasteiger partial charge in [0.1, 0.15) is 0 Å². The van der Waals surface area contributed by atoms with Gasteiger partial charge < -0.3 is 28.3 Å². The number of hydrogen-bond donors (Lipinski definition) is 5. The van der Waals surface area contributed by atoms with Crippen LogP contribution in [-0.2, 0) is 0 Å². The fourth-order valence-corrected chi connectivity index (χ4v) is 6.38. The van der Waals surface area contributed by atoms with Crippen LogP contribution in [0.25, 0.3) is 43.8 Å². The van der Waals surface area contributed by atoms with E-state index in [9.17, 15) is 0 Å². The quantitative estimate of drug-likeness (QED) is 0.151. The third kappa shape index (κ3) is 3.57. The minimum Gasteiger partial charge on any atom is -0.399 e. The number of fused-ring (bicyclic) bond motifs is 4. The lowest BCUT2D eigenvalue weighted by atomic mass is 9.95. The van der Waals surface area contributed by atoms with Crippen molar-refractivity contribution in [2.75, 3.05) is 28.3 Å². The molecule has 6 aromatic carbocycles. The summed E-state index contributed by atoms with van der Waals surface area (Å²) in [7, 11) is 0. The Morgan fingerprint density at radius 2 is 1.05 bits per heavy atom. The Labute approximate surface area is 224 Å². The fourth-order valence-electron chi connectivity index (χ4n) is 5.38. The van der Waals surface area contributed by atoms with Gasteiger partial charge in [0.15, 0.2) is 0 Å². The van der Waals surface area contributed by atoms with Gasteiger partial charge in [0.05, 0.1) is 11.4 Å². The lowest BCUT2D eigenvalue weighted by Crippen LogP contribution is -2.01. The van der Waals surface area contributed by atoms with E-state index in [1.165, 1.54) is 0 Å². The summed E-state index contributed by atoms with van der Waals surface area (Å²) in [6, 6.07) is 32.7. The summed E-state index contributed by atoms with van der Waals surface area (Å²) in [5, 5.41) is 7.96. The predicted octanol–water partition coefficient (Wildman–Crippen LogP) is 7.86. The first kappa shape index (κ1) is 22.4. The van der Waals surface area contributed by atoms with Crippen LogP contribution in [0.15, 0.2) is 107 Å². The molecule has 1 aliphatic heterocycles. The Balaban J connectivity index is 1.29. The molecule has 0 bridgehead atoms. The van der Waals surface area contributed by atoms with Gasteiger partial charge in [-0.15, -0.1) is 0 Å². The van der Waals surface area contributed by atoms with Gasteiger partial charge in [-0.2, -0.15) is 0 Å². The predicted molar refractivity (Wildman–Crippen MR) is 164 cm³/mol. The van der Waals surface area contributed by atoms with Crippen LogP contribution in [0.5, 0.6) is 0 Å². The molecular formula is C32H25N5S. The zero-order valence-corrected chi connectivity index (χ0v) is 21.3. The minimum atomic E-state index is 0.738. The maximum absolute atomic E-state index is 6.47. The van der Waals surface area contributed by atoms with E-state index in [-0.39, 0.29) is 0 Å². The van der Waals surface area contributed by atoms with Crippen LogP contribution in [0, 0.1) is 0 Å². The summed E-state index contributed by atoms with van der Waals surface area (Å²) in [6.45, 7) is 0. The van der Waals surface area contributed by atoms with E-state index < -0.39 is 0 Å². The highest BCUT2D eigenvalue weighted by molar-refractivity contribution is 7.99. The monoisotopic (exact) mass is 511 g/mol. The van der Waals surface area contributed by atoms with Crippen molar-refractivity contribution in [1.82, 2.24) is 0 Å². The van der Waals surface area contributed by atoms with Gasteiger partial charge in [0.2, 0.25) is 0 Å². The van der Waals surface area contributed by atoms with Crippen LogP contribution in [0.3, 0.4) is 0 Å². The molecule has 0 saturated heterocycles.